The van der Waals surface area contributed by atoms with Crippen molar-refractivity contribution in [2.45, 2.75) is 0 Å². The number of hydrogen-bond donors (Lipinski definition) is 1. The summed E-state index contributed by atoms with van der Waals surface area (Å²) in [4.78, 5) is 29.7. The van der Waals surface area contributed by atoms with Crippen molar-refractivity contribution in [2.24, 2.45) is 0 Å². The Morgan fingerprint density at radius 1 is 1.06 bits per heavy atom. The molecule has 0 radical (unpaired) electrons. The van der Waals surface area contributed by atoms with Crippen LogP contribution in [0.3, 0.4) is 0 Å². The summed E-state index contributed by atoms with van der Waals surface area (Å²) in [6.45, 7) is 0. The molecule has 2 aromatic heterocycles. The van der Waals surface area contributed by atoms with Crippen LogP contribution in [-0.4, -0.2) is 15.5 Å². The lowest BCUT2D eigenvalue weighted by Gasteiger charge is -2.10. The van der Waals surface area contributed by atoms with E-state index in [0.717, 1.165) is 16.7 Å². The van der Waals surface area contributed by atoms with Gasteiger partial charge in [-0.1, -0.05) is 18.2 Å². The number of rotatable bonds is 5. The van der Waals surface area contributed by atoms with Gasteiger partial charge in [0.25, 0.3) is 11.5 Å². The monoisotopic (exact) mass is 426 g/mol. The summed E-state index contributed by atoms with van der Waals surface area (Å²) in [5.41, 5.74) is -0.277. The highest BCUT2D eigenvalue weighted by molar-refractivity contribution is 6.03. The van der Waals surface area contributed by atoms with Gasteiger partial charge in [0, 0.05) is 12.3 Å². The molecule has 2 aromatic carbocycles. The van der Waals surface area contributed by atoms with Gasteiger partial charge >= 0.3 is 0 Å². The highest BCUT2D eigenvalue weighted by Crippen LogP contribution is 2.20. The molecule has 0 bridgehead atoms. The number of ether oxygens (including phenoxy) is 1. The lowest BCUT2D eigenvalue weighted by molar-refractivity contribution is 0.102. The third-order valence-corrected chi connectivity index (χ3v) is 4.49. The van der Waals surface area contributed by atoms with Crippen molar-refractivity contribution >= 4 is 11.6 Å². The summed E-state index contributed by atoms with van der Waals surface area (Å²) >= 11 is 0. The Morgan fingerprint density at radius 3 is 2.59 bits per heavy atom. The molecule has 0 spiro atoms. The van der Waals surface area contributed by atoms with Crippen molar-refractivity contribution in [1.29, 1.82) is 5.26 Å². The number of nitrogens with one attached hydrogen (secondary N) is 1. The smallest absolute Gasteiger partial charge is 0.267 e. The van der Waals surface area contributed by atoms with Gasteiger partial charge in [-0.2, -0.15) is 5.26 Å². The van der Waals surface area contributed by atoms with Gasteiger partial charge in [-0.3, -0.25) is 14.2 Å². The Balaban J connectivity index is 1.55. The minimum Gasteiger partial charge on any atom is -0.439 e. The van der Waals surface area contributed by atoms with Gasteiger partial charge in [0.05, 0.1) is 23.1 Å². The maximum Gasteiger partial charge on any atom is 0.267 e. The van der Waals surface area contributed by atoms with Crippen molar-refractivity contribution < 1.29 is 13.9 Å². The van der Waals surface area contributed by atoms with Crippen LogP contribution in [0.25, 0.3) is 5.69 Å². The average molecular weight is 426 g/mol. The molecule has 0 aliphatic rings. The Kier molecular flexibility index (Phi) is 5.72. The van der Waals surface area contributed by atoms with E-state index < -0.39 is 17.3 Å². The zero-order chi connectivity index (χ0) is 22.5. The summed E-state index contributed by atoms with van der Waals surface area (Å²) in [6.07, 6.45) is 2.82. The molecule has 32 heavy (non-hydrogen) atoms. The number of carbonyl (C=O) groups is 1. The van der Waals surface area contributed by atoms with Crippen LogP contribution < -0.4 is 15.6 Å². The number of nitriles is 1. The van der Waals surface area contributed by atoms with Gasteiger partial charge in [0.2, 0.25) is 5.88 Å². The number of anilines is 1. The van der Waals surface area contributed by atoms with E-state index >= 15 is 0 Å². The highest BCUT2D eigenvalue weighted by atomic mass is 19.1. The van der Waals surface area contributed by atoms with Gasteiger partial charge in [-0.25, -0.2) is 9.37 Å². The van der Waals surface area contributed by atoms with Gasteiger partial charge < -0.3 is 10.1 Å². The summed E-state index contributed by atoms with van der Waals surface area (Å²) in [5.74, 6) is -0.279. The number of pyridine rings is 2. The van der Waals surface area contributed by atoms with Crippen LogP contribution in [0.4, 0.5) is 10.1 Å². The van der Waals surface area contributed by atoms with Crippen LogP contribution in [0.2, 0.25) is 0 Å². The predicted octanol–water partition coefficient (Wildman–Crippen LogP) is 4.29. The molecule has 1 N–H and O–H groups in total. The molecule has 0 aliphatic carbocycles. The molecule has 7 nitrogen and oxygen atoms in total. The maximum absolute atomic E-state index is 13.4. The number of halogens is 1. The van der Waals surface area contributed by atoms with Gasteiger partial charge in [-0.05, 0) is 48.5 Å². The third kappa shape index (κ3) is 4.37. The minimum absolute atomic E-state index is 0.0251. The van der Waals surface area contributed by atoms with E-state index in [0.29, 0.717) is 17.3 Å². The topological polar surface area (TPSA) is 97.0 Å². The van der Waals surface area contributed by atoms with Gasteiger partial charge in [0.15, 0.2) is 0 Å². The van der Waals surface area contributed by atoms with E-state index in [-0.39, 0.29) is 16.8 Å². The number of carbonyl (C=O) groups excluding carboxylic acids is 1. The Morgan fingerprint density at radius 2 is 1.88 bits per heavy atom. The number of aromatic nitrogens is 2. The molecule has 4 rings (SSSR count). The Bertz CT molecular complexity index is 1380. The van der Waals surface area contributed by atoms with E-state index in [1.807, 2.05) is 24.3 Å². The van der Waals surface area contributed by atoms with Crippen LogP contribution in [0.1, 0.15) is 15.9 Å². The minimum atomic E-state index is -0.650. The fourth-order valence-corrected chi connectivity index (χ4v) is 2.99. The lowest BCUT2D eigenvalue weighted by Crippen LogP contribution is -2.28. The normalized spacial score (nSPS) is 10.2. The molecule has 1 amide bonds. The second kappa shape index (κ2) is 8.93. The lowest BCUT2D eigenvalue weighted by atomic mass is 10.1. The summed E-state index contributed by atoms with van der Waals surface area (Å²) in [7, 11) is 0. The van der Waals surface area contributed by atoms with Crippen LogP contribution in [0, 0.1) is 17.1 Å². The highest BCUT2D eigenvalue weighted by Gasteiger charge is 2.15. The largest absolute Gasteiger partial charge is 0.439 e. The van der Waals surface area contributed by atoms with Crippen LogP contribution in [0.15, 0.2) is 90.0 Å². The Hall–Kier alpha value is -4.77. The first kappa shape index (κ1) is 20.5. The quantitative estimate of drug-likeness (QED) is 0.514. The first-order valence-corrected chi connectivity index (χ1v) is 9.47. The van der Waals surface area contributed by atoms with Crippen molar-refractivity contribution in [2.75, 3.05) is 5.32 Å². The molecule has 0 fully saturated rings. The fourth-order valence-electron chi connectivity index (χ4n) is 2.99. The first-order chi connectivity index (χ1) is 15.5. The number of nitrogens with zero attached hydrogens (tertiary/aromatic N) is 3. The van der Waals surface area contributed by atoms with Crippen molar-refractivity contribution in [1.82, 2.24) is 9.55 Å². The molecule has 0 aliphatic heterocycles. The molecule has 0 saturated carbocycles. The van der Waals surface area contributed by atoms with E-state index in [4.69, 9.17) is 4.74 Å². The zero-order valence-electron chi connectivity index (χ0n) is 16.5. The SMILES string of the molecule is N#Cc1cc(F)ccc1-n1cccc(C(=O)Nc2ccc(Oc3ccccc3)nc2)c1=O. The molecule has 4 aromatic rings. The molecule has 8 heteroatoms. The molecular weight excluding hydrogens is 411 g/mol. The molecule has 0 unspecified atom stereocenters. The van der Waals surface area contributed by atoms with Gasteiger partial charge in [0.1, 0.15) is 23.2 Å². The fraction of sp³-hybridized carbons (Fsp3) is 0. The summed E-state index contributed by atoms with van der Waals surface area (Å²) in [6, 6.07) is 20.5. The zero-order valence-corrected chi connectivity index (χ0v) is 16.5. The van der Waals surface area contributed by atoms with Gasteiger partial charge in [-0.15, -0.1) is 0 Å². The van der Waals surface area contributed by atoms with Crippen LogP contribution >= 0.6 is 0 Å². The molecule has 0 saturated heterocycles. The Labute approximate surface area is 182 Å². The molecule has 156 valence electrons. The van der Waals surface area contributed by atoms with E-state index in [9.17, 15) is 19.2 Å². The standard InChI is InChI=1S/C24H15FN4O3/c25-17-8-10-21(16(13-17)14-26)29-12-4-7-20(24(29)31)23(30)28-18-9-11-22(27-15-18)32-19-5-2-1-3-6-19/h1-13,15H,(H,28,30). The second-order valence-corrected chi connectivity index (χ2v) is 6.62. The van der Waals surface area contributed by atoms with E-state index in [1.54, 1.807) is 24.3 Å². The summed E-state index contributed by atoms with van der Waals surface area (Å²) < 4.78 is 20.2. The van der Waals surface area contributed by atoms with Crippen molar-refractivity contribution in [3.8, 4) is 23.4 Å². The molecular formula is C24H15FN4O3. The van der Waals surface area contributed by atoms with Crippen molar-refractivity contribution in [3.63, 3.8) is 0 Å². The van der Waals surface area contributed by atoms with E-state index in [1.165, 1.54) is 30.6 Å². The first-order valence-electron chi connectivity index (χ1n) is 9.47. The number of benzene rings is 2. The average Bonchev–Trinajstić information content (AvgIpc) is 2.81. The molecule has 0 atom stereocenters. The second-order valence-electron chi connectivity index (χ2n) is 6.62. The predicted molar refractivity (Wildman–Crippen MR) is 115 cm³/mol. The summed E-state index contributed by atoms with van der Waals surface area (Å²) in [5, 5.41) is 11.9. The third-order valence-electron chi connectivity index (χ3n) is 4.49. The van der Waals surface area contributed by atoms with Crippen LogP contribution in [0.5, 0.6) is 11.6 Å². The maximum atomic E-state index is 13.4. The number of hydrogen-bond acceptors (Lipinski definition) is 5. The number of para-hydroxylation sites is 1. The van der Waals surface area contributed by atoms with Crippen molar-refractivity contribution in [3.05, 3.63) is 112 Å². The number of amides is 1. The van der Waals surface area contributed by atoms with E-state index in [2.05, 4.69) is 10.3 Å². The molecule has 2 heterocycles. The van der Waals surface area contributed by atoms with Crippen LogP contribution in [-0.2, 0) is 0 Å².